The third kappa shape index (κ3) is 4.24. The Kier molecular flexibility index (Phi) is 6.49. The summed E-state index contributed by atoms with van der Waals surface area (Å²) in [7, 11) is 0. The van der Waals surface area contributed by atoms with Gasteiger partial charge in [0.05, 0.1) is 6.61 Å². The summed E-state index contributed by atoms with van der Waals surface area (Å²) >= 11 is 0. The van der Waals surface area contributed by atoms with Crippen LogP contribution >= 0.6 is 0 Å². The maximum atomic E-state index is 14.3. The van der Waals surface area contributed by atoms with E-state index >= 15 is 0 Å². The summed E-state index contributed by atoms with van der Waals surface area (Å²) in [4.78, 5) is 0. The van der Waals surface area contributed by atoms with Crippen molar-refractivity contribution < 1.29 is 13.9 Å². The third-order valence-electron chi connectivity index (χ3n) is 6.83. The molecule has 0 spiro atoms. The normalized spacial score (nSPS) is 30.4. The van der Waals surface area contributed by atoms with E-state index in [2.05, 4.69) is 6.92 Å². The zero-order valence-electron chi connectivity index (χ0n) is 15.4. The van der Waals surface area contributed by atoms with E-state index < -0.39 is 18.2 Å². The van der Waals surface area contributed by atoms with Crippen LogP contribution in [0.4, 0.5) is 8.78 Å². The molecule has 2 fully saturated rings. The minimum absolute atomic E-state index is 0.0544. The van der Waals surface area contributed by atoms with Crippen LogP contribution < -0.4 is 0 Å². The van der Waals surface area contributed by atoms with Crippen LogP contribution in [0.1, 0.15) is 88.2 Å². The molecular weight excluding hydrogens is 318 g/mol. The summed E-state index contributed by atoms with van der Waals surface area (Å²) in [5, 5.41) is 9.07. The maximum absolute atomic E-state index is 14.3. The van der Waals surface area contributed by atoms with Crippen LogP contribution in [0.5, 0.6) is 0 Å². The van der Waals surface area contributed by atoms with Crippen LogP contribution in [0.25, 0.3) is 0 Å². The Morgan fingerprint density at radius 1 is 0.880 bits per heavy atom. The SMILES string of the molecule is CCCC1CCC(C2CCC(c3ccc(CO)c(F)c3F)CC2)CC1. The van der Waals surface area contributed by atoms with Crippen LogP contribution in [0, 0.1) is 29.4 Å². The Labute approximate surface area is 150 Å². The molecule has 3 rings (SSSR count). The van der Waals surface area contributed by atoms with E-state index in [-0.39, 0.29) is 11.5 Å². The van der Waals surface area contributed by atoms with Crippen molar-refractivity contribution in [1.82, 2.24) is 0 Å². The predicted molar refractivity (Wildman–Crippen MR) is 97.3 cm³/mol. The van der Waals surface area contributed by atoms with Gasteiger partial charge >= 0.3 is 0 Å². The molecule has 1 nitrogen and oxygen atoms in total. The van der Waals surface area contributed by atoms with Gasteiger partial charge in [0.2, 0.25) is 0 Å². The number of hydrogen-bond acceptors (Lipinski definition) is 1. The minimum atomic E-state index is -0.864. The third-order valence-corrected chi connectivity index (χ3v) is 6.83. The van der Waals surface area contributed by atoms with Gasteiger partial charge in [0.15, 0.2) is 11.6 Å². The maximum Gasteiger partial charge on any atom is 0.164 e. The molecule has 0 aromatic heterocycles. The van der Waals surface area contributed by atoms with E-state index in [0.717, 1.165) is 43.4 Å². The first-order valence-corrected chi connectivity index (χ1v) is 10.2. The number of aliphatic hydroxyl groups is 1. The largest absolute Gasteiger partial charge is 0.392 e. The predicted octanol–water partition coefficient (Wildman–Crippen LogP) is 6.34. The van der Waals surface area contributed by atoms with Gasteiger partial charge in [0.25, 0.3) is 0 Å². The Morgan fingerprint density at radius 2 is 1.48 bits per heavy atom. The molecule has 3 heteroatoms. The van der Waals surface area contributed by atoms with Crippen LogP contribution in [0.2, 0.25) is 0 Å². The fraction of sp³-hybridized carbons (Fsp3) is 0.727. The van der Waals surface area contributed by atoms with Crippen LogP contribution in [0.15, 0.2) is 12.1 Å². The summed E-state index contributed by atoms with van der Waals surface area (Å²) in [5.41, 5.74) is 0.568. The van der Waals surface area contributed by atoms with Gasteiger partial charge in [-0.25, -0.2) is 8.78 Å². The van der Waals surface area contributed by atoms with Gasteiger partial charge in [0.1, 0.15) is 0 Å². The molecule has 1 aromatic rings. The summed E-state index contributed by atoms with van der Waals surface area (Å²) in [6.07, 6.45) is 12.4. The van der Waals surface area contributed by atoms with Gasteiger partial charge in [-0.15, -0.1) is 0 Å². The molecule has 25 heavy (non-hydrogen) atoms. The molecule has 0 heterocycles. The van der Waals surface area contributed by atoms with Crippen molar-refractivity contribution >= 4 is 0 Å². The summed E-state index contributed by atoms with van der Waals surface area (Å²) in [5.74, 6) is 1.11. The Bertz CT molecular complexity index is 555. The van der Waals surface area contributed by atoms with Crippen LogP contribution in [0.3, 0.4) is 0 Å². The molecule has 0 saturated heterocycles. The van der Waals surface area contributed by atoms with Crippen LogP contribution in [-0.2, 0) is 6.61 Å². The second-order valence-electron chi connectivity index (χ2n) is 8.28. The van der Waals surface area contributed by atoms with Crippen molar-refractivity contribution in [2.75, 3.05) is 0 Å². The van der Waals surface area contributed by atoms with Gasteiger partial charge in [-0.2, -0.15) is 0 Å². The Hall–Kier alpha value is -0.960. The van der Waals surface area contributed by atoms with Gasteiger partial charge in [-0.05, 0) is 67.8 Å². The average Bonchev–Trinajstić information content (AvgIpc) is 2.65. The molecule has 0 aliphatic heterocycles. The average molecular weight is 350 g/mol. The molecule has 1 aromatic carbocycles. The van der Waals surface area contributed by atoms with E-state index in [1.807, 2.05) is 0 Å². The monoisotopic (exact) mass is 350 g/mol. The molecule has 140 valence electrons. The zero-order chi connectivity index (χ0) is 17.8. The lowest BCUT2D eigenvalue weighted by molar-refractivity contribution is 0.156. The topological polar surface area (TPSA) is 20.2 Å². The first-order chi connectivity index (χ1) is 12.1. The van der Waals surface area contributed by atoms with E-state index in [4.69, 9.17) is 5.11 Å². The molecule has 0 atom stereocenters. The number of rotatable bonds is 5. The molecular formula is C22H32F2O. The molecule has 0 bridgehead atoms. The summed E-state index contributed by atoms with van der Waals surface area (Å²) in [6, 6.07) is 3.22. The molecule has 0 amide bonds. The highest BCUT2D eigenvalue weighted by molar-refractivity contribution is 5.29. The van der Waals surface area contributed by atoms with Crippen molar-refractivity contribution in [1.29, 1.82) is 0 Å². The number of aliphatic hydroxyl groups excluding tert-OH is 1. The fourth-order valence-electron chi connectivity index (χ4n) is 5.30. The minimum Gasteiger partial charge on any atom is -0.392 e. The standard InChI is InChI=1S/C22H32F2O/c1-2-3-15-4-6-16(7-5-15)17-8-10-18(11-9-17)20-13-12-19(14-25)21(23)22(20)24/h12-13,15-18,25H,2-11,14H2,1H3. The summed E-state index contributed by atoms with van der Waals surface area (Å²) in [6.45, 7) is 1.83. The van der Waals surface area contributed by atoms with Crippen molar-refractivity contribution in [2.24, 2.45) is 17.8 Å². The Morgan fingerprint density at radius 3 is 2.04 bits per heavy atom. The first-order valence-electron chi connectivity index (χ1n) is 10.2. The molecule has 0 unspecified atom stereocenters. The Balaban J connectivity index is 1.55. The molecule has 2 saturated carbocycles. The lowest BCUT2D eigenvalue weighted by Crippen LogP contribution is -2.25. The van der Waals surface area contributed by atoms with Gasteiger partial charge in [0, 0.05) is 5.56 Å². The molecule has 2 aliphatic rings. The quantitative estimate of drug-likeness (QED) is 0.657. The highest BCUT2D eigenvalue weighted by atomic mass is 19.2. The van der Waals surface area contributed by atoms with Gasteiger partial charge in [-0.1, -0.05) is 44.7 Å². The second-order valence-corrected chi connectivity index (χ2v) is 8.28. The van der Waals surface area contributed by atoms with E-state index in [0.29, 0.717) is 5.56 Å². The van der Waals surface area contributed by atoms with Crippen molar-refractivity contribution in [2.45, 2.75) is 83.7 Å². The lowest BCUT2D eigenvalue weighted by atomic mass is 9.68. The van der Waals surface area contributed by atoms with Gasteiger partial charge < -0.3 is 5.11 Å². The van der Waals surface area contributed by atoms with E-state index in [1.54, 1.807) is 6.07 Å². The van der Waals surface area contributed by atoms with Crippen molar-refractivity contribution in [3.05, 3.63) is 34.9 Å². The summed E-state index contributed by atoms with van der Waals surface area (Å²) < 4.78 is 28.3. The van der Waals surface area contributed by atoms with Gasteiger partial charge in [-0.3, -0.25) is 0 Å². The molecule has 2 aliphatic carbocycles. The van der Waals surface area contributed by atoms with E-state index in [1.165, 1.54) is 44.6 Å². The zero-order valence-corrected chi connectivity index (χ0v) is 15.4. The smallest absolute Gasteiger partial charge is 0.164 e. The van der Waals surface area contributed by atoms with Crippen LogP contribution in [-0.4, -0.2) is 5.11 Å². The lowest BCUT2D eigenvalue weighted by Gasteiger charge is -2.38. The molecule has 1 N–H and O–H groups in total. The van der Waals surface area contributed by atoms with Crippen molar-refractivity contribution in [3.8, 4) is 0 Å². The number of halogens is 2. The van der Waals surface area contributed by atoms with Crippen molar-refractivity contribution in [3.63, 3.8) is 0 Å². The molecule has 0 radical (unpaired) electrons. The first kappa shape index (κ1) is 18.8. The number of hydrogen-bond donors (Lipinski definition) is 1. The van der Waals surface area contributed by atoms with E-state index in [9.17, 15) is 8.78 Å². The number of benzene rings is 1. The fourth-order valence-corrected chi connectivity index (χ4v) is 5.30. The highest BCUT2D eigenvalue weighted by Gasteiger charge is 2.32. The second kappa shape index (κ2) is 8.62. The highest BCUT2D eigenvalue weighted by Crippen LogP contribution is 2.45.